The summed E-state index contributed by atoms with van der Waals surface area (Å²) >= 11 is 1.22. The number of amides is 2. The molecule has 2 fully saturated rings. The summed E-state index contributed by atoms with van der Waals surface area (Å²) in [6.45, 7) is 6.87. The third-order valence-corrected chi connectivity index (χ3v) is 9.50. The van der Waals surface area contributed by atoms with Crippen LogP contribution in [-0.2, 0) is 19.6 Å². The summed E-state index contributed by atoms with van der Waals surface area (Å²) < 4.78 is 27.8. The maximum absolute atomic E-state index is 13.2. The van der Waals surface area contributed by atoms with Gasteiger partial charge in [0.25, 0.3) is 0 Å². The van der Waals surface area contributed by atoms with Gasteiger partial charge in [-0.15, -0.1) is 11.8 Å². The smallest absolute Gasteiger partial charge is 0.247 e. The number of nitrogens with one attached hydrogen (secondary N) is 1. The SMILES string of the molecule is CCCN1CCN(S(=O)(=O)c2ccc3c(c2)NC(=O)[C@H](C(=O)N2CCCCCC2)S3)CC1. The molecule has 176 valence electrons. The molecule has 1 N–H and O–H groups in total. The molecule has 1 atom stereocenters. The molecule has 4 rings (SSSR count). The van der Waals surface area contributed by atoms with E-state index in [4.69, 9.17) is 0 Å². The Balaban J connectivity index is 1.47. The average Bonchev–Trinajstić information content (AvgIpc) is 3.08. The van der Waals surface area contributed by atoms with Crippen molar-refractivity contribution in [3.63, 3.8) is 0 Å². The summed E-state index contributed by atoms with van der Waals surface area (Å²) in [6, 6.07) is 4.83. The minimum atomic E-state index is -3.63. The normalized spacial score (nSPS) is 23.3. The zero-order valence-electron chi connectivity index (χ0n) is 18.6. The van der Waals surface area contributed by atoms with Crippen LogP contribution in [0, 0.1) is 0 Å². The summed E-state index contributed by atoms with van der Waals surface area (Å²) in [5, 5.41) is 1.96. The maximum Gasteiger partial charge on any atom is 0.247 e. The molecule has 3 aliphatic rings. The molecule has 3 heterocycles. The highest BCUT2D eigenvalue weighted by molar-refractivity contribution is 8.01. The van der Waals surface area contributed by atoms with Crippen LogP contribution in [0.1, 0.15) is 39.0 Å². The third-order valence-electron chi connectivity index (χ3n) is 6.34. The Labute approximate surface area is 194 Å². The molecular formula is C22H32N4O4S2. The molecule has 0 spiro atoms. The van der Waals surface area contributed by atoms with E-state index in [0.717, 1.165) is 56.6 Å². The number of anilines is 1. The van der Waals surface area contributed by atoms with Crippen LogP contribution >= 0.6 is 11.8 Å². The van der Waals surface area contributed by atoms with E-state index < -0.39 is 15.3 Å². The second kappa shape index (κ2) is 10.1. The fourth-order valence-electron chi connectivity index (χ4n) is 4.53. The Kier molecular flexibility index (Phi) is 7.44. The third kappa shape index (κ3) is 4.98. The number of hydrogen-bond donors (Lipinski definition) is 1. The van der Waals surface area contributed by atoms with E-state index in [1.165, 1.54) is 22.1 Å². The van der Waals surface area contributed by atoms with Crippen molar-refractivity contribution >= 4 is 39.3 Å². The van der Waals surface area contributed by atoms with E-state index in [-0.39, 0.29) is 16.7 Å². The summed E-state index contributed by atoms with van der Waals surface area (Å²) in [4.78, 5) is 30.7. The van der Waals surface area contributed by atoms with Crippen LogP contribution in [0.2, 0.25) is 0 Å². The molecule has 1 aromatic rings. The molecule has 0 radical (unpaired) electrons. The van der Waals surface area contributed by atoms with E-state index in [0.29, 0.717) is 31.9 Å². The van der Waals surface area contributed by atoms with Gasteiger partial charge in [0, 0.05) is 44.2 Å². The molecule has 0 saturated carbocycles. The van der Waals surface area contributed by atoms with Crippen molar-refractivity contribution in [3.05, 3.63) is 18.2 Å². The molecule has 0 bridgehead atoms. The molecule has 3 aliphatic heterocycles. The Morgan fingerprint density at radius 1 is 1.06 bits per heavy atom. The van der Waals surface area contributed by atoms with E-state index in [1.807, 2.05) is 0 Å². The van der Waals surface area contributed by atoms with Crippen molar-refractivity contribution in [2.24, 2.45) is 0 Å². The molecule has 2 amide bonds. The molecule has 10 heteroatoms. The van der Waals surface area contributed by atoms with Crippen molar-refractivity contribution in [2.75, 3.05) is 51.1 Å². The van der Waals surface area contributed by atoms with Crippen LogP contribution in [0.25, 0.3) is 0 Å². The van der Waals surface area contributed by atoms with Crippen molar-refractivity contribution in [1.82, 2.24) is 14.1 Å². The number of hydrogen-bond acceptors (Lipinski definition) is 6. The van der Waals surface area contributed by atoms with Crippen LogP contribution in [0.15, 0.2) is 28.0 Å². The zero-order valence-corrected chi connectivity index (χ0v) is 20.2. The molecule has 0 aliphatic carbocycles. The number of rotatable bonds is 5. The Hall–Kier alpha value is -1.62. The van der Waals surface area contributed by atoms with Gasteiger partial charge in [-0.1, -0.05) is 19.8 Å². The lowest BCUT2D eigenvalue weighted by molar-refractivity contribution is -0.133. The van der Waals surface area contributed by atoms with Crippen molar-refractivity contribution in [3.8, 4) is 0 Å². The van der Waals surface area contributed by atoms with Crippen LogP contribution in [-0.4, -0.2) is 85.4 Å². The molecule has 2 saturated heterocycles. The second-order valence-corrected chi connectivity index (χ2v) is 11.7. The first-order valence-corrected chi connectivity index (χ1v) is 13.8. The molecular weight excluding hydrogens is 448 g/mol. The lowest BCUT2D eigenvalue weighted by Crippen LogP contribution is -2.48. The van der Waals surface area contributed by atoms with Crippen LogP contribution in [0.5, 0.6) is 0 Å². The standard InChI is InChI=1S/C22H32N4O4S2/c1-2-9-24-12-14-26(15-13-24)32(29,30)17-7-8-19-18(16-17)23-21(27)20(31-19)22(28)25-10-5-3-4-6-11-25/h7-8,16,20H,2-6,9-15H2,1H3,(H,23,27)/t20-/m1/s1. The number of likely N-dealkylation sites (tertiary alicyclic amines) is 1. The topological polar surface area (TPSA) is 90.0 Å². The summed E-state index contributed by atoms with van der Waals surface area (Å²) in [5.41, 5.74) is 0.464. The number of carbonyl (C=O) groups is 2. The minimum absolute atomic E-state index is 0.151. The van der Waals surface area contributed by atoms with Gasteiger partial charge >= 0.3 is 0 Å². The van der Waals surface area contributed by atoms with E-state index in [2.05, 4.69) is 17.1 Å². The molecule has 0 aromatic heterocycles. The number of piperazine rings is 1. The van der Waals surface area contributed by atoms with Crippen LogP contribution in [0.3, 0.4) is 0 Å². The average molecular weight is 481 g/mol. The van der Waals surface area contributed by atoms with E-state index in [1.54, 1.807) is 17.0 Å². The van der Waals surface area contributed by atoms with Gasteiger partial charge in [0.05, 0.1) is 10.6 Å². The van der Waals surface area contributed by atoms with Gasteiger partial charge in [0.15, 0.2) is 5.25 Å². The minimum Gasteiger partial charge on any atom is -0.341 e. The van der Waals surface area contributed by atoms with Gasteiger partial charge in [0.2, 0.25) is 21.8 Å². The van der Waals surface area contributed by atoms with Gasteiger partial charge in [-0.05, 0) is 44.0 Å². The zero-order chi connectivity index (χ0) is 22.7. The molecule has 8 nitrogen and oxygen atoms in total. The van der Waals surface area contributed by atoms with Gasteiger partial charge < -0.3 is 15.1 Å². The fourth-order valence-corrected chi connectivity index (χ4v) is 7.03. The van der Waals surface area contributed by atoms with Gasteiger partial charge in [-0.2, -0.15) is 4.31 Å². The number of benzene rings is 1. The lowest BCUT2D eigenvalue weighted by Gasteiger charge is -2.34. The predicted octanol–water partition coefficient (Wildman–Crippen LogP) is 2.22. The highest BCUT2D eigenvalue weighted by Gasteiger charge is 2.37. The first-order valence-electron chi connectivity index (χ1n) is 11.5. The largest absolute Gasteiger partial charge is 0.341 e. The fraction of sp³-hybridized carbons (Fsp3) is 0.636. The molecule has 1 aromatic carbocycles. The monoisotopic (exact) mass is 480 g/mol. The summed E-state index contributed by atoms with van der Waals surface area (Å²) in [6.07, 6.45) is 5.21. The number of sulfonamides is 1. The van der Waals surface area contributed by atoms with E-state index in [9.17, 15) is 18.0 Å². The van der Waals surface area contributed by atoms with Crippen molar-refractivity contribution < 1.29 is 18.0 Å². The Morgan fingerprint density at radius 3 is 2.41 bits per heavy atom. The van der Waals surface area contributed by atoms with Crippen LogP contribution < -0.4 is 5.32 Å². The van der Waals surface area contributed by atoms with Gasteiger partial charge in [-0.3, -0.25) is 9.59 Å². The number of thioether (sulfide) groups is 1. The predicted molar refractivity (Wildman–Crippen MR) is 125 cm³/mol. The highest BCUT2D eigenvalue weighted by Crippen LogP contribution is 2.38. The highest BCUT2D eigenvalue weighted by atomic mass is 32.2. The second-order valence-electron chi connectivity index (χ2n) is 8.63. The van der Waals surface area contributed by atoms with E-state index >= 15 is 0 Å². The van der Waals surface area contributed by atoms with Crippen molar-refractivity contribution in [1.29, 1.82) is 0 Å². The lowest BCUT2D eigenvalue weighted by atomic mass is 10.2. The Morgan fingerprint density at radius 2 is 1.75 bits per heavy atom. The number of nitrogens with zero attached hydrogens (tertiary/aromatic N) is 3. The van der Waals surface area contributed by atoms with Crippen molar-refractivity contribution in [2.45, 2.75) is 54.1 Å². The first kappa shape index (κ1) is 23.5. The van der Waals surface area contributed by atoms with Crippen LogP contribution in [0.4, 0.5) is 5.69 Å². The molecule has 0 unspecified atom stereocenters. The van der Waals surface area contributed by atoms with Gasteiger partial charge in [0.1, 0.15) is 0 Å². The maximum atomic E-state index is 13.2. The summed E-state index contributed by atoms with van der Waals surface area (Å²) in [7, 11) is -3.63. The number of fused-ring (bicyclic) bond motifs is 1. The number of carbonyl (C=O) groups excluding carboxylic acids is 2. The summed E-state index contributed by atoms with van der Waals surface area (Å²) in [5.74, 6) is -0.527. The first-order chi connectivity index (χ1) is 15.4. The van der Waals surface area contributed by atoms with Gasteiger partial charge in [-0.25, -0.2) is 8.42 Å². The Bertz CT molecular complexity index is 953. The quantitative estimate of drug-likeness (QED) is 0.650. The molecule has 32 heavy (non-hydrogen) atoms.